The fourth-order valence-electron chi connectivity index (χ4n) is 3.75. The number of hydrogen-bond donors (Lipinski definition) is 1. The summed E-state index contributed by atoms with van der Waals surface area (Å²) in [6, 6.07) is 12.5. The summed E-state index contributed by atoms with van der Waals surface area (Å²) in [6.45, 7) is 7.59. The van der Waals surface area contributed by atoms with Gasteiger partial charge in [0.2, 0.25) is 0 Å². The first kappa shape index (κ1) is 21.6. The average Bonchev–Trinajstić information content (AvgIpc) is 2.70. The Hall–Kier alpha value is -2.11. The van der Waals surface area contributed by atoms with Gasteiger partial charge in [0.05, 0.1) is 0 Å². The first-order valence-electron chi connectivity index (χ1n) is 10.4. The van der Waals surface area contributed by atoms with Crippen LogP contribution in [0, 0.1) is 5.82 Å². The topological polar surface area (TPSA) is 39.7 Å². The number of rotatable bonds is 9. The predicted molar refractivity (Wildman–Crippen MR) is 114 cm³/mol. The number of nitrogens with one attached hydrogen (secondary N) is 1. The Morgan fingerprint density at radius 1 is 1.10 bits per heavy atom. The van der Waals surface area contributed by atoms with E-state index in [-0.39, 0.29) is 18.0 Å². The van der Waals surface area contributed by atoms with Gasteiger partial charge in [-0.3, -0.25) is 0 Å². The van der Waals surface area contributed by atoms with E-state index in [1.807, 2.05) is 26.0 Å². The zero-order valence-electron chi connectivity index (χ0n) is 17.8. The van der Waals surface area contributed by atoms with Gasteiger partial charge in [-0.15, -0.1) is 0 Å². The third-order valence-electron chi connectivity index (χ3n) is 5.36. The second-order valence-electron chi connectivity index (χ2n) is 8.09. The van der Waals surface area contributed by atoms with Gasteiger partial charge in [-0.1, -0.05) is 31.9 Å². The summed E-state index contributed by atoms with van der Waals surface area (Å²) < 4.78 is 31.5. The zero-order valence-corrected chi connectivity index (χ0v) is 17.8. The van der Waals surface area contributed by atoms with E-state index in [2.05, 4.69) is 18.3 Å². The summed E-state index contributed by atoms with van der Waals surface area (Å²) in [6.07, 6.45) is 2.95. The molecule has 5 heteroatoms. The van der Waals surface area contributed by atoms with Crippen LogP contribution in [0.2, 0.25) is 0 Å². The van der Waals surface area contributed by atoms with E-state index < -0.39 is 5.60 Å². The maximum absolute atomic E-state index is 13.1. The molecule has 1 aliphatic heterocycles. The lowest BCUT2D eigenvalue weighted by Gasteiger charge is -2.44. The highest BCUT2D eigenvalue weighted by Crippen LogP contribution is 2.44. The lowest BCUT2D eigenvalue weighted by molar-refractivity contribution is -0.154. The van der Waals surface area contributed by atoms with Crippen LogP contribution >= 0.6 is 0 Å². The summed E-state index contributed by atoms with van der Waals surface area (Å²) in [4.78, 5) is 0. The number of hydrogen-bond acceptors (Lipinski definition) is 4. The zero-order chi connectivity index (χ0) is 20.9. The van der Waals surface area contributed by atoms with E-state index in [1.54, 1.807) is 19.2 Å². The van der Waals surface area contributed by atoms with E-state index in [9.17, 15) is 4.39 Å². The quantitative estimate of drug-likeness (QED) is 0.533. The third-order valence-corrected chi connectivity index (χ3v) is 5.36. The summed E-state index contributed by atoms with van der Waals surface area (Å²) in [5.74, 6) is 0.595. The van der Waals surface area contributed by atoms with Crippen LogP contribution in [-0.4, -0.2) is 25.4 Å². The van der Waals surface area contributed by atoms with Gasteiger partial charge in [0, 0.05) is 31.5 Å². The van der Waals surface area contributed by atoms with Crippen LogP contribution in [-0.2, 0) is 16.0 Å². The van der Waals surface area contributed by atoms with Crippen LogP contribution in [0.3, 0.4) is 0 Å². The molecule has 158 valence electrons. The Bertz CT molecular complexity index is 791. The molecular formula is C24H32FNO3. The minimum atomic E-state index is -0.483. The van der Waals surface area contributed by atoms with E-state index >= 15 is 0 Å². The lowest BCUT2D eigenvalue weighted by Crippen LogP contribution is -2.51. The van der Waals surface area contributed by atoms with Crippen molar-refractivity contribution in [2.75, 3.05) is 19.0 Å². The van der Waals surface area contributed by atoms with Crippen molar-refractivity contribution in [2.24, 2.45) is 0 Å². The Balaban J connectivity index is 1.75. The molecule has 0 fully saturated rings. The SMILES string of the molecule is CCCCCOC1C(OC)c2cc(NCc3ccc(F)cc3)ccc2OC1(C)C. The Morgan fingerprint density at radius 2 is 1.86 bits per heavy atom. The second kappa shape index (κ2) is 9.59. The number of halogens is 1. The molecule has 4 nitrogen and oxygen atoms in total. The lowest BCUT2D eigenvalue weighted by atomic mass is 9.88. The fraction of sp³-hybridized carbons (Fsp3) is 0.500. The van der Waals surface area contributed by atoms with Gasteiger partial charge in [-0.25, -0.2) is 4.39 Å². The highest BCUT2D eigenvalue weighted by molar-refractivity contribution is 5.53. The number of anilines is 1. The largest absolute Gasteiger partial charge is 0.485 e. The van der Waals surface area contributed by atoms with Gasteiger partial charge in [0.25, 0.3) is 0 Å². The maximum atomic E-state index is 13.1. The molecular weight excluding hydrogens is 369 g/mol. The maximum Gasteiger partial charge on any atom is 0.132 e. The van der Waals surface area contributed by atoms with Gasteiger partial charge in [0.1, 0.15) is 29.4 Å². The minimum absolute atomic E-state index is 0.191. The van der Waals surface area contributed by atoms with E-state index in [4.69, 9.17) is 14.2 Å². The Morgan fingerprint density at radius 3 is 2.55 bits per heavy atom. The number of unbranched alkanes of at least 4 members (excludes halogenated alkanes) is 2. The fourth-order valence-corrected chi connectivity index (χ4v) is 3.75. The van der Waals surface area contributed by atoms with Crippen molar-refractivity contribution < 1.29 is 18.6 Å². The molecule has 2 aromatic rings. The number of fused-ring (bicyclic) bond motifs is 1. The monoisotopic (exact) mass is 401 g/mol. The molecule has 0 amide bonds. The molecule has 0 spiro atoms. The van der Waals surface area contributed by atoms with E-state index in [1.165, 1.54) is 12.1 Å². The van der Waals surface area contributed by atoms with E-state index in [0.29, 0.717) is 13.2 Å². The smallest absolute Gasteiger partial charge is 0.132 e. The number of benzene rings is 2. The van der Waals surface area contributed by atoms with Crippen molar-refractivity contribution in [3.05, 3.63) is 59.4 Å². The number of ether oxygens (including phenoxy) is 3. The van der Waals surface area contributed by atoms with Crippen molar-refractivity contribution in [1.29, 1.82) is 0 Å². The Labute approximate surface area is 173 Å². The molecule has 2 aromatic carbocycles. The van der Waals surface area contributed by atoms with E-state index in [0.717, 1.165) is 41.8 Å². The molecule has 0 aliphatic carbocycles. The Kier molecular flexibility index (Phi) is 7.14. The molecule has 1 aliphatic rings. The summed E-state index contributed by atoms with van der Waals surface area (Å²) in [5, 5.41) is 3.40. The van der Waals surface area contributed by atoms with Crippen LogP contribution in [0.25, 0.3) is 0 Å². The van der Waals surface area contributed by atoms with Crippen molar-refractivity contribution in [2.45, 2.75) is 64.4 Å². The molecule has 2 unspecified atom stereocenters. The van der Waals surface area contributed by atoms with Crippen molar-refractivity contribution in [1.82, 2.24) is 0 Å². The van der Waals surface area contributed by atoms with Crippen molar-refractivity contribution in [3.8, 4) is 5.75 Å². The standard InChI is InChI=1S/C24H32FNO3/c1-5-6-7-14-28-23-22(27-4)20-15-19(12-13-21(20)29-24(23,2)3)26-16-17-8-10-18(25)11-9-17/h8-13,15,22-23,26H,5-7,14,16H2,1-4H3. The summed E-state index contributed by atoms with van der Waals surface area (Å²) in [7, 11) is 1.72. The van der Waals surface area contributed by atoms with Gasteiger partial charge in [-0.05, 0) is 56.2 Å². The molecule has 2 atom stereocenters. The van der Waals surface area contributed by atoms with Crippen LogP contribution in [0.5, 0.6) is 5.75 Å². The van der Waals surface area contributed by atoms with Crippen LogP contribution in [0.1, 0.15) is 57.3 Å². The minimum Gasteiger partial charge on any atom is -0.485 e. The average molecular weight is 402 g/mol. The first-order valence-corrected chi connectivity index (χ1v) is 10.4. The van der Waals surface area contributed by atoms with Crippen LogP contribution in [0.15, 0.2) is 42.5 Å². The van der Waals surface area contributed by atoms with Gasteiger partial charge in [-0.2, -0.15) is 0 Å². The van der Waals surface area contributed by atoms with Gasteiger partial charge < -0.3 is 19.5 Å². The van der Waals surface area contributed by atoms with Gasteiger partial charge in [0.15, 0.2) is 0 Å². The molecule has 0 aromatic heterocycles. The summed E-state index contributed by atoms with van der Waals surface area (Å²) in [5.41, 5.74) is 2.48. The highest BCUT2D eigenvalue weighted by atomic mass is 19.1. The normalized spacial score (nSPS) is 20.0. The molecule has 0 saturated carbocycles. The number of methoxy groups -OCH3 is 1. The molecule has 0 saturated heterocycles. The molecule has 0 bridgehead atoms. The third kappa shape index (κ3) is 5.28. The summed E-state index contributed by atoms with van der Waals surface area (Å²) >= 11 is 0. The second-order valence-corrected chi connectivity index (χ2v) is 8.09. The first-order chi connectivity index (χ1) is 13.9. The molecule has 29 heavy (non-hydrogen) atoms. The van der Waals surface area contributed by atoms with Crippen LogP contribution < -0.4 is 10.1 Å². The van der Waals surface area contributed by atoms with Crippen molar-refractivity contribution >= 4 is 5.69 Å². The predicted octanol–water partition coefficient (Wildman–Crippen LogP) is 5.87. The molecule has 0 radical (unpaired) electrons. The van der Waals surface area contributed by atoms with Crippen molar-refractivity contribution in [3.63, 3.8) is 0 Å². The van der Waals surface area contributed by atoms with Crippen LogP contribution in [0.4, 0.5) is 10.1 Å². The highest BCUT2D eigenvalue weighted by Gasteiger charge is 2.45. The molecule has 1 heterocycles. The molecule has 1 N–H and O–H groups in total. The van der Waals surface area contributed by atoms with Gasteiger partial charge >= 0.3 is 0 Å². The molecule has 3 rings (SSSR count).